The van der Waals surface area contributed by atoms with Crippen LogP contribution in [-0.4, -0.2) is 54.3 Å². The molecule has 0 spiro atoms. The van der Waals surface area contributed by atoms with Gasteiger partial charge >= 0.3 is 0 Å². The summed E-state index contributed by atoms with van der Waals surface area (Å²) in [6.45, 7) is 7.21. The molecule has 1 aromatic heterocycles. The first-order valence-corrected chi connectivity index (χ1v) is 7.20. The summed E-state index contributed by atoms with van der Waals surface area (Å²) < 4.78 is 1.03. The molecule has 1 aliphatic heterocycles. The fourth-order valence-electron chi connectivity index (χ4n) is 2.41. The summed E-state index contributed by atoms with van der Waals surface area (Å²) in [4.78, 5) is 9.19. The Kier molecular flexibility index (Phi) is 4.97. The van der Waals surface area contributed by atoms with Crippen molar-refractivity contribution >= 4 is 21.7 Å². The Morgan fingerprint density at radius 2 is 2.17 bits per heavy atom. The fraction of sp³-hybridized carbons (Fsp3) is 0.615. The molecule has 0 atom stereocenters. The van der Waals surface area contributed by atoms with Crippen LogP contribution < -0.4 is 4.90 Å². The number of β-amino-alcohol motifs (C(OH)–C–C–N with tert-alkyl or cyclic N) is 1. The second-order valence-corrected chi connectivity index (χ2v) is 5.62. The quantitative estimate of drug-likeness (QED) is 0.921. The highest BCUT2D eigenvalue weighted by molar-refractivity contribution is 9.10. The zero-order valence-corrected chi connectivity index (χ0v) is 12.4. The van der Waals surface area contributed by atoms with Crippen LogP contribution in [0.2, 0.25) is 0 Å². The average molecular weight is 314 g/mol. The summed E-state index contributed by atoms with van der Waals surface area (Å²) in [6, 6.07) is 2.11. The van der Waals surface area contributed by atoms with Crippen LogP contribution >= 0.6 is 15.9 Å². The summed E-state index contributed by atoms with van der Waals surface area (Å²) in [5.41, 5.74) is 1.21. The maximum atomic E-state index is 9.00. The lowest BCUT2D eigenvalue weighted by molar-refractivity contribution is 0.204. The van der Waals surface area contributed by atoms with E-state index in [2.05, 4.69) is 43.7 Å². The maximum Gasteiger partial charge on any atom is 0.131 e. The lowest BCUT2D eigenvalue weighted by Crippen LogP contribution is -2.33. The van der Waals surface area contributed by atoms with Gasteiger partial charge in [-0.25, -0.2) is 4.98 Å². The molecule has 2 rings (SSSR count). The van der Waals surface area contributed by atoms with Gasteiger partial charge in [0, 0.05) is 36.8 Å². The Balaban J connectivity index is 2.05. The zero-order valence-electron chi connectivity index (χ0n) is 10.8. The minimum Gasteiger partial charge on any atom is -0.395 e. The predicted octanol–water partition coefficient (Wildman–Crippen LogP) is 1.66. The van der Waals surface area contributed by atoms with E-state index >= 15 is 0 Å². The first kappa shape index (κ1) is 13.8. The number of hydrogen-bond donors (Lipinski definition) is 1. The third-order valence-corrected chi connectivity index (χ3v) is 3.76. The number of aliphatic hydroxyl groups is 1. The third-order valence-electron chi connectivity index (χ3n) is 3.32. The second-order valence-electron chi connectivity index (χ2n) is 4.70. The summed E-state index contributed by atoms with van der Waals surface area (Å²) in [6.07, 6.45) is 2.98. The molecule has 1 aromatic rings. The Morgan fingerprint density at radius 3 is 2.89 bits per heavy atom. The molecule has 0 amide bonds. The molecule has 18 heavy (non-hydrogen) atoms. The van der Waals surface area contributed by atoms with Crippen LogP contribution in [0.3, 0.4) is 0 Å². The molecule has 2 heterocycles. The number of rotatable bonds is 3. The predicted molar refractivity (Wildman–Crippen MR) is 77.0 cm³/mol. The van der Waals surface area contributed by atoms with Gasteiger partial charge in [0.05, 0.1) is 6.61 Å². The summed E-state index contributed by atoms with van der Waals surface area (Å²) in [5.74, 6) is 1.09. The number of aryl methyl sites for hydroxylation is 1. The Bertz CT molecular complexity index is 400. The van der Waals surface area contributed by atoms with Crippen LogP contribution in [0, 0.1) is 6.92 Å². The van der Waals surface area contributed by atoms with Crippen LogP contribution in [0.5, 0.6) is 0 Å². The Hall–Kier alpha value is -0.650. The van der Waals surface area contributed by atoms with E-state index in [9.17, 15) is 0 Å². The van der Waals surface area contributed by atoms with Gasteiger partial charge in [0.2, 0.25) is 0 Å². The second kappa shape index (κ2) is 6.50. The Morgan fingerprint density at radius 1 is 1.33 bits per heavy atom. The maximum absolute atomic E-state index is 9.00. The monoisotopic (exact) mass is 313 g/mol. The smallest absolute Gasteiger partial charge is 0.131 e. The zero-order chi connectivity index (χ0) is 13.0. The van der Waals surface area contributed by atoms with Crippen molar-refractivity contribution in [3.63, 3.8) is 0 Å². The molecule has 5 heteroatoms. The minimum absolute atomic E-state index is 0.246. The van der Waals surface area contributed by atoms with Crippen molar-refractivity contribution in [1.82, 2.24) is 9.88 Å². The molecule has 1 aliphatic rings. The normalized spacial score (nSPS) is 17.8. The van der Waals surface area contributed by atoms with Crippen molar-refractivity contribution in [3.05, 3.63) is 22.3 Å². The van der Waals surface area contributed by atoms with E-state index in [0.29, 0.717) is 0 Å². The fourth-order valence-corrected chi connectivity index (χ4v) is 2.86. The first-order chi connectivity index (χ1) is 8.70. The van der Waals surface area contributed by atoms with Crippen LogP contribution in [0.25, 0.3) is 0 Å². The van der Waals surface area contributed by atoms with Crippen molar-refractivity contribution in [2.24, 2.45) is 0 Å². The molecule has 100 valence electrons. The lowest BCUT2D eigenvalue weighted by atomic mass is 10.2. The van der Waals surface area contributed by atoms with Crippen molar-refractivity contribution in [2.75, 3.05) is 44.2 Å². The highest BCUT2D eigenvalue weighted by Gasteiger charge is 2.16. The van der Waals surface area contributed by atoms with Crippen molar-refractivity contribution < 1.29 is 5.11 Å². The van der Waals surface area contributed by atoms with Gasteiger partial charge < -0.3 is 10.0 Å². The van der Waals surface area contributed by atoms with Gasteiger partial charge in [-0.15, -0.1) is 0 Å². The van der Waals surface area contributed by atoms with Crippen molar-refractivity contribution in [3.8, 4) is 0 Å². The first-order valence-electron chi connectivity index (χ1n) is 6.41. The van der Waals surface area contributed by atoms with Gasteiger partial charge in [0.1, 0.15) is 5.82 Å². The van der Waals surface area contributed by atoms with Crippen LogP contribution in [0.4, 0.5) is 5.82 Å². The number of hydrogen-bond acceptors (Lipinski definition) is 4. The van der Waals surface area contributed by atoms with Crippen LogP contribution in [-0.2, 0) is 0 Å². The molecule has 1 saturated heterocycles. The summed E-state index contributed by atoms with van der Waals surface area (Å²) in [7, 11) is 0. The summed E-state index contributed by atoms with van der Waals surface area (Å²) >= 11 is 3.45. The lowest BCUT2D eigenvalue weighted by Gasteiger charge is -2.23. The van der Waals surface area contributed by atoms with Gasteiger partial charge in [-0.2, -0.15) is 0 Å². The number of pyridine rings is 1. The van der Waals surface area contributed by atoms with E-state index in [4.69, 9.17) is 5.11 Å². The van der Waals surface area contributed by atoms with Gasteiger partial charge in [0.15, 0.2) is 0 Å². The number of halogens is 1. The van der Waals surface area contributed by atoms with Crippen molar-refractivity contribution in [1.29, 1.82) is 0 Å². The molecule has 0 saturated carbocycles. The van der Waals surface area contributed by atoms with Gasteiger partial charge in [-0.1, -0.05) is 0 Å². The van der Waals surface area contributed by atoms with E-state index in [0.717, 1.165) is 49.4 Å². The highest BCUT2D eigenvalue weighted by atomic mass is 79.9. The molecular formula is C13H20BrN3O. The molecular weight excluding hydrogens is 294 g/mol. The number of nitrogens with zero attached hydrogens (tertiary/aromatic N) is 3. The highest BCUT2D eigenvalue weighted by Crippen LogP contribution is 2.21. The Labute approximate surface area is 117 Å². The largest absolute Gasteiger partial charge is 0.395 e. The van der Waals surface area contributed by atoms with Crippen LogP contribution in [0.1, 0.15) is 12.0 Å². The molecule has 1 fully saturated rings. The van der Waals surface area contributed by atoms with E-state index in [1.165, 1.54) is 5.56 Å². The van der Waals surface area contributed by atoms with E-state index in [1.54, 1.807) is 0 Å². The van der Waals surface area contributed by atoms with E-state index in [1.807, 2.05) is 6.20 Å². The molecule has 0 unspecified atom stereocenters. The van der Waals surface area contributed by atoms with Gasteiger partial charge in [0.25, 0.3) is 0 Å². The number of aliphatic hydroxyl groups excluding tert-OH is 1. The molecule has 0 aromatic carbocycles. The molecule has 4 nitrogen and oxygen atoms in total. The van der Waals surface area contributed by atoms with Gasteiger partial charge in [-0.05, 0) is 47.4 Å². The molecule has 0 aliphatic carbocycles. The van der Waals surface area contributed by atoms with E-state index in [-0.39, 0.29) is 6.61 Å². The van der Waals surface area contributed by atoms with Crippen LogP contribution in [0.15, 0.2) is 16.7 Å². The molecule has 0 bridgehead atoms. The standard InChI is InChI=1S/C13H20BrN3O/c1-11-9-12(14)10-15-13(11)17-4-2-3-16(5-6-17)7-8-18/h9-10,18H,2-8H2,1H3. The summed E-state index contributed by atoms with van der Waals surface area (Å²) in [5, 5.41) is 9.00. The third kappa shape index (κ3) is 3.43. The topological polar surface area (TPSA) is 39.6 Å². The number of anilines is 1. The number of aromatic nitrogens is 1. The SMILES string of the molecule is Cc1cc(Br)cnc1N1CCCN(CCO)CC1. The van der Waals surface area contributed by atoms with Crippen molar-refractivity contribution in [2.45, 2.75) is 13.3 Å². The average Bonchev–Trinajstić information content (AvgIpc) is 2.55. The van der Waals surface area contributed by atoms with E-state index < -0.39 is 0 Å². The minimum atomic E-state index is 0.246. The molecule has 1 N–H and O–H groups in total. The molecule has 0 radical (unpaired) electrons. The van der Waals surface area contributed by atoms with Gasteiger partial charge in [-0.3, -0.25) is 4.90 Å².